The van der Waals surface area contributed by atoms with E-state index in [1.54, 1.807) is 13.8 Å². The van der Waals surface area contributed by atoms with Crippen molar-refractivity contribution >= 4 is 57.7 Å². The molecule has 0 spiro atoms. The second-order valence-corrected chi connectivity index (χ2v) is 11.7. The van der Waals surface area contributed by atoms with Crippen LogP contribution in [0.25, 0.3) is 0 Å². The zero-order valence-electron chi connectivity index (χ0n) is 18.5. The fourth-order valence-electron chi connectivity index (χ4n) is 4.56. The maximum absolute atomic E-state index is 13.2. The van der Waals surface area contributed by atoms with E-state index in [2.05, 4.69) is 15.5 Å². The summed E-state index contributed by atoms with van der Waals surface area (Å²) in [4.78, 5) is 60.3. The number of aliphatic carboxylic acids is 2. The molecule has 0 aromatic carbocycles. The first-order valence-electron chi connectivity index (χ1n) is 10.7. The highest BCUT2D eigenvalue weighted by Crippen LogP contribution is 2.50. The first-order chi connectivity index (χ1) is 16.0. The third kappa shape index (κ3) is 4.08. The topological polar surface area (TPSA) is 185 Å². The molecule has 184 valence electrons. The lowest BCUT2D eigenvalue weighted by molar-refractivity contribution is -0.171. The van der Waals surface area contributed by atoms with Gasteiger partial charge in [-0.05, 0) is 26.7 Å². The lowest BCUT2D eigenvalue weighted by atomic mass is 9.85. The maximum atomic E-state index is 13.2. The zero-order valence-corrected chi connectivity index (χ0v) is 20.1. The Morgan fingerprint density at radius 3 is 2.50 bits per heavy atom. The normalized spacial score (nSPS) is 27.5. The van der Waals surface area contributed by atoms with Crippen molar-refractivity contribution in [1.82, 2.24) is 15.2 Å². The number of anilines is 1. The van der Waals surface area contributed by atoms with E-state index in [1.807, 2.05) is 0 Å². The first kappa shape index (κ1) is 24.3. The Morgan fingerprint density at radius 1 is 1.26 bits per heavy atom. The molecular formula is C20H25N5O7S2. The molecule has 2 amide bonds. The molecule has 3 atom stereocenters. The second kappa shape index (κ2) is 8.73. The van der Waals surface area contributed by atoms with Crippen molar-refractivity contribution in [2.24, 2.45) is 5.16 Å². The van der Waals surface area contributed by atoms with Gasteiger partial charge in [-0.25, -0.2) is 14.6 Å². The maximum Gasteiger partial charge on any atom is 0.350 e. The van der Waals surface area contributed by atoms with Crippen LogP contribution in [0.3, 0.4) is 0 Å². The molecule has 2 aliphatic heterocycles. The predicted molar refractivity (Wildman–Crippen MR) is 123 cm³/mol. The molecule has 3 fully saturated rings. The highest BCUT2D eigenvalue weighted by atomic mass is 32.2. The van der Waals surface area contributed by atoms with E-state index in [0.717, 1.165) is 17.8 Å². The van der Waals surface area contributed by atoms with E-state index in [9.17, 15) is 29.4 Å². The number of thioether (sulfide) groups is 1. The highest BCUT2D eigenvalue weighted by Gasteiger charge is 2.64. The third-order valence-electron chi connectivity index (χ3n) is 6.30. The van der Waals surface area contributed by atoms with Gasteiger partial charge in [-0.3, -0.25) is 9.59 Å². The van der Waals surface area contributed by atoms with E-state index in [4.69, 9.17) is 10.6 Å². The van der Waals surface area contributed by atoms with Gasteiger partial charge in [0.05, 0.1) is 0 Å². The Morgan fingerprint density at radius 2 is 1.94 bits per heavy atom. The monoisotopic (exact) mass is 511 g/mol. The molecule has 12 nitrogen and oxygen atoms in total. The number of amides is 2. The summed E-state index contributed by atoms with van der Waals surface area (Å²) in [6, 6.07) is -1.98. The van der Waals surface area contributed by atoms with Crippen LogP contribution in [0, 0.1) is 0 Å². The minimum atomic E-state index is -1.55. The van der Waals surface area contributed by atoms with Crippen LogP contribution in [0.4, 0.5) is 5.13 Å². The number of hydrogen-bond acceptors (Lipinski definition) is 10. The standard InChI is InChI=1S/C20H25N5O7S2/c1-19(2)12(16(28)29)25-14(27)11(15(25)34-19)23-13(26)10(9-8-33-18(21)22-9)24-32-20(17(30)31)6-4-3-5-7-20/h8,11-12,15H,3-7H2,1-2H3,(H2,21,22)(H,23,26)(H,28,29)(H,30,31)/b24-10-/t11-,12-,15+/m0/s1. The van der Waals surface area contributed by atoms with Crippen LogP contribution in [0.15, 0.2) is 10.5 Å². The molecular weight excluding hydrogens is 486 g/mol. The number of carboxylic acids is 2. The molecule has 14 heteroatoms. The minimum Gasteiger partial charge on any atom is -0.480 e. The number of oxime groups is 1. The number of β-lactam (4-membered cyclic amide) rings is 1. The number of rotatable bonds is 7. The summed E-state index contributed by atoms with van der Waals surface area (Å²) in [6.45, 7) is 3.46. The van der Waals surface area contributed by atoms with Crippen molar-refractivity contribution in [3.8, 4) is 0 Å². The van der Waals surface area contributed by atoms with Gasteiger partial charge in [-0.1, -0.05) is 11.6 Å². The van der Waals surface area contributed by atoms with Crippen molar-refractivity contribution in [3.05, 3.63) is 11.1 Å². The van der Waals surface area contributed by atoms with Crippen LogP contribution in [-0.2, 0) is 24.0 Å². The number of nitrogen functional groups attached to an aromatic ring is 1. The van der Waals surface area contributed by atoms with Gasteiger partial charge in [-0.2, -0.15) is 0 Å². The number of nitrogens with two attached hydrogens (primary N) is 1. The van der Waals surface area contributed by atoms with Crippen molar-refractivity contribution in [3.63, 3.8) is 0 Å². The Labute approximate surface area is 202 Å². The SMILES string of the molecule is CC1(C)S[C@@H]2[C@@H](NC(=O)/C(=N\OC3(C(=O)O)CCCCC3)c3csc(N)n3)C(=O)N2[C@H]1C(=O)O. The van der Waals surface area contributed by atoms with Crippen LogP contribution < -0.4 is 11.1 Å². The Kier molecular flexibility index (Phi) is 6.23. The van der Waals surface area contributed by atoms with Gasteiger partial charge in [0.1, 0.15) is 23.2 Å². The van der Waals surface area contributed by atoms with Gasteiger partial charge in [0, 0.05) is 23.0 Å². The molecule has 0 radical (unpaired) electrons. The Hall–Kier alpha value is -2.87. The van der Waals surface area contributed by atoms with Crippen molar-refractivity contribution < 1.29 is 34.2 Å². The number of fused-ring (bicyclic) bond motifs is 1. The van der Waals surface area contributed by atoms with Crippen LogP contribution in [0.1, 0.15) is 51.6 Å². The Bertz CT molecular complexity index is 1070. The molecule has 4 rings (SSSR count). The molecule has 1 saturated carbocycles. The molecule has 3 heterocycles. The lowest BCUT2D eigenvalue weighted by Crippen LogP contribution is -2.71. The molecule has 0 bridgehead atoms. The lowest BCUT2D eigenvalue weighted by Gasteiger charge is -2.43. The molecule has 1 aliphatic carbocycles. The highest BCUT2D eigenvalue weighted by molar-refractivity contribution is 8.01. The van der Waals surface area contributed by atoms with Gasteiger partial charge in [0.2, 0.25) is 11.5 Å². The summed E-state index contributed by atoms with van der Waals surface area (Å²) in [5.41, 5.74) is 3.94. The fourth-order valence-corrected chi connectivity index (χ4v) is 6.73. The van der Waals surface area contributed by atoms with E-state index < -0.39 is 51.6 Å². The number of nitrogens with zero attached hydrogens (tertiary/aromatic N) is 3. The van der Waals surface area contributed by atoms with Crippen LogP contribution in [0.5, 0.6) is 0 Å². The number of nitrogens with one attached hydrogen (secondary N) is 1. The van der Waals surface area contributed by atoms with Crippen molar-refractivity contribution in [2.75, 3.05) is 5.73 Å². The van der Waals surface area contributed by atoms with Crippen LogP contribution >= 0.6 is 23.1 Å². The smallest absolute Gasteiger partial charge is 0.350 e. The molecule has 2 saturated heterocycles. The van der Waals surface area contributed by atoms with Gasteiger partial charge in [0.15, 0.2) is 10.8 Å². The van der Waals surface area contributed by atoms with Crippen molar-refractivity contribution in [1.29, 1.82) is 0 Å². The molecule has 1 aromatic rings. The summed E-state index contributed by atoms with van der Waals surface area (Å²) < 4.78 is -0.746. The number of hydrogen-bond donors (Lipinski definition) is 4. The molecule has 1 aromatic heterocycles. The zero-order chi connectivity index (χ0) is 24.8. The van der Waals surface area contributed by atoms with Gasteiger partial charge in [-0.15, -0.1) is 23.1 Å². The summed E-state index contributed by atoms with van der Waals surface area (Å²) >= 11 is 2.35. The number of aromatic nitrogens is 1. The number of thiazole rings is 1. The van der Waals surface area contributed by atoms with E-state index in [1.165, 1.54) is 22.0 Å². The second-order valence-electron chi connectivity index (χ2n) is 9.01. The first-order valence-corrected chi connectivity index (χ1v) is 12.5. The summed E-state index contributed by atoms with van der Waals surface area (Å²) in [7, 11) is 0. The van der Waals surface area contributed by atoms with Gasteiger partial charge in [0.25, 0.3) is 5.91 Å². The third-order valence-corrected chi connectivity index (χ3v) is 8.55. The summed E-state index contributed by atoms with van der Waals surface area (Å²) in [5.74, 6) is -3.59. The quantitative estimate of drug-likeness (QED) is 0.232. The van der Waals surface area contributed by atoms with E-state index >= 15 is 0 Å². The minimum absolute atomic E-state index is 0.0859. The Balaban J connectivity index is 1.57. The largest absolute Gasteiger partial charge is 0.480 e. The number of carboxylic acid groups (broad SMARTS) is 2. The van der Waals surface area contributed by atoms with E-state index in [0.29, 0.717) is 12.8 Å². The van der Waals surface area contributed by atoms with Crippen molar-refractivity contribution in [2.45, 2.75) is 73.8 Å². The fraction of sp³-hybridized carbons (Fsp3) is 0.600. The van der Waals surface area contributed by atoms with Gasteiger partial charge >= 0.3 is 11.9 Å². The van der Waals surface area contributed by atoms with E-state index in [-0.39, 0.29) is 29.4 Å². The predicted octanol–water partition coefficient (Wildman–Crippen LogP) is 0.865. The average Bonchev–Trinajstić information content (AvgIpc) is 3.31. The molecule has 3 aliphatic rings. The number of carbonyl (C=O) groups is 4. The molecule has 0 unspecified atom stereocenters. The van der Waals surface area contributed by atoms with Gasteiger partial charge < -0.3 is 31.0 Å². The summed E-state index contributed by atoms with van der Waals surface area (Å²) in [6.07, 6.45) is 2.68. The average molecular weight is 512 g/mol. The number of carbonyl (C=O) groups excluding carboxylic acids is 2. The van der Waals surface area contributed by atoms with Crippen LogP contribution in [0.2, 0.25) is 0 Å². The summed E-state index contributed by atoms with van der Waals surface area (Å²) in [5, 5.41) is 26.9. The molecule has 34 heavy (non-hydrogen) atoms. The van der Waals surface area contributed by atoms with Crippen LogP contribution in [-0.4, -0.2) is 77.4 Å². The molecule has 5 N–H and O–H groups in total.